The van der Waals surface area contributed by atoms with Gasteiger partial charge in [-0.05, 0) is 53.5 Å². The van der Waals surface area contributed by atoms with Crippen LogP contribution < -0.4 is 0 Å². The molecule has 1 aliphatic rings. The third-order valence-corrected chi connectivity index (χ3v) is 3.71. The average Bonchev–Trinajstić information content (AvgIpc) is 2.29. The summed E-state index contributed by atoms with van der Waals surface area (Å²) in [5, 5.41) is 19.2. The number of rotatable bonds is 2. The normalized spacial score (nSPS) is 19.1. The van der Waals surface area contributed by atoms with Crippen LogP contribution in [0.25, 0.3) is 5.57 Å². The maximum Gasteiger partial charge on any atom is 0.119 e. The second-order valence-electron chi connectivity index (χ2n) is 5.20. The topological polar surface area (TPSA) is 40.5 Å². The second kappa shape index (κ2) is 4.53. The van der Waals surface area contributed by atoms with Gasteiger partial charge < -0.3 is 10.2 Å². The Balaban J connectivity index is 2.58. The Bertz CT molecular complexity index is 458. The van der Waals surface area contributed by atoms with E-state index in [1.54, 1.807) is 6.07 Å². The van der Waals surface area contributed by atoms with Crippen LogP contribution in [0, 0.1) is 12.8 Å². The van der Waals surface area contributed by atoms with Gasteiger partial charge >= 0.3 is 0 Å². The molecule has 0 aliphatic heterocycles. The highest BCUT2D eigenvalue weighted by atomic mass is 16.3. The molecular weight excluding hydrogens is 212 g/mol. The molecule has 0 saturated heterocycles. The van der Waals surface area contributed by atoms with Crippen LogP contribution >= 0.6 is 0 Å². The van der Waals surface area contributed by atoms with E-state index in [-0.39, 0.29) is 6.61 Å². The van der Waals surface area contributed by atoms with Crippen molar-refractivity contribution in [3.63, 3.8) is 0 Å². The molecular formula is C15H20O2. The van der Waals surface area contributed by atoms with E-state index in [1.165, 1.54) is 5.56 Å². The monoisotopic (exact) mass is 232 g/mol. The van der Waals surface area contributed by atoms with E-state index < -0.39 is 0 Å². The lowest BCUT2D eigenvalue weighted by Gasteiger charge is -2.28. The van der Waals surface area contributed by atoms with Crippen molar-refractivity contribution in [2.24, 2.45) is 5.92 Å². The van der Waals surface area contributed by atoms with Gasteiger partial charge in [-0.3, -0.25) is 0 Å². The molecule has 92 valence electrons. The largest absolute Gasteiger partial charge is 0.508 e. The van der Waals surface area contributed by atoms with Crippen molar-refractivity contribution in [3.05, 3.63) is 34.9 Å². The number of aliphatic hydroxyl groups excluding tert-OH is 1. The second-order valence-corrected chi connectivity index (χ2v) is 5.20. The molecule has 0 bridgehead atoms. The lowest BCUT2D eigenvalue weighted by atomic mass is 9.77. The molecule has 0 amide bonds. The van der Waals surface area contributed by atoms with E-state index in [9.17, 15) is 10.2 Å². The van der Waals surface area contributed by atoms with Crippen LogP contribution in [0.2, 0.25) is 0 Å². The Morgan fingerprint density at radius 2 is 2.06 bits per heavy atom. The van der Waals surface area contributed by atoms with Gasteiger partial charge in [0.15, 0.2) is 0 Å². The summed E-state index contributed by atoms with van der Waals surface area (Å²) >= 11 is 0. The number of allylic oxidation sites excluding steroid dienone is 1. The molecule has 1 aromatic rings. The van der Waals surface area contributed by atoms with Gasteiger partial charge in [-0.2, -0.15) is 0 Å². The predicted octanol–water partition coefficient (Wildman–Crippen LogP) is 3.22. The van der Waals surface area contributed by atoms with Crippen molar-refractivity contribution in [1.82, 2.24) is 0 Å². The summed E-state index contributed by atoms with van der Waals surface area (Å²) in [4.78, 5) is 0. The lowest BCUT2D eigenvalue weighted by molar-refractivity contribution is 0.348. The quantitative estimate of drug-likeness (QED) is 0.822. The highest BCUT2D eigenvalue weighted by molar-refractivity contribution is 5.73. The molecule has 1 atom stereocenters. The van der Waals surface area contributed by atoms with Crippen LogP contribution in [0.3, 0.4) is 0 Å². The molecule has 0 saturated carbocycles. The van der Waals surface area contributed by atoms with Gasteiger partial charge in [-0.15, -0.1) is 0 Å². The van der Waals surface area contributed by atoms with Gasteiger partial charge in [0.1, 0.15) is 5.75 Å². The van der Waals surface area contributed by atoms with Crippen molar-refractivity contribution < 1.29 is 10.2 Å². The van der Waals surface area contributed by atoms with E-state index in [0.29, 0.717) is 17.6 Å². The number of hydrogen-bond donors (Lipinski definition) is 2. The van der Waals surface area contributed by atoms with Crippen LogP contribution in [0.1, 0.15) is 42.9 Å². The summed E-state index contributed by atoms with van der Waals surface area (Å²) in [7, 11) is 0. The van der Waals surface area contributed by atoms with Crippen LogP contribution in [0.4, 0.5) is 0 Å². The van der Waals surface area contributed by atoms with E-state index in [4.69, 9.17) is 0 Å². The van der Waals surface area contributed by atoms with Gasteiger partial charge in [0.25, 0.3) is 0 Å². The average molecular weight is 232 g/mol. The summed E-state index contributed by atoms with van der Waals surface area (Å²) in [6.07, 6.45) is 3.08. The third-order valence-electron chi connectivity index (χ3n) is 3.71. The molecule has 0 aromatic heterocycles. The van der Waals surface area contributed by atoms with Crippen molar-refractivity contribution in [2.45, 2.75) is 33.1 Å². The Morgan fingerprint density at radius 1 is 1.35 bits per heavy atom. The molecule has 17 heavy (non-hydrogen) atoms. The first-order valence-electron chi connectivity index (χ1n) is 6.18. The van der Waals surface area contributed by atoms with Crippen LogP contribution in [0.15, 0.2) is 18.2 Å². The number of phenols is 1. The van der Waals surface area contributed by atoms with Gasteiger partial charge in [-0.1, -0.05) is 26.0 Å². The minimum absolute atomic E-state index is 0.0420. The van der Waals surface area contributed by atoms with Gasteiger partial charge in [0.05, 0.1) is 6.61 Å². The Morgan fingerprint density at radius 3 is 2.65 bits per heavy atom. The fourth-order valence-corrected chi connectivity index (χ4v) is 2.59. The van der Waals surface area contributed by atoms with Gasteiger partial charge in [0, 0.05) is 0 Å². The van der Waals surface area contributed by atoms with Crippen molar-refractivity contribution >= 4 is 5.57 Å². The van der Waals surface area contributed by atoms with Crippen LogP contribution in [0.5, 0.6) is 5.75 Å². The molecule has 1 aromatic carbocycles. The maximum absolute atomic E-state index is 9.80. The number of hydrogen-bond acceptors (Lipinski definition) is 2. The minimum Gasteiger partial charge on any atom is -0.508 e. The van der Waals surface area contributed by atoms with Crippen molar-refractivity contribution in [3.8, 4) is 5.75 Å². The zero-order chi connectivity index (χ0) is 12.6. The molecule has 0 radical (unpaired) electrons. The summed E-state index contributed by atoms with van der Waals surface area (Å²) < 4.78 is 0. The van der Waals surface area contributed by atoms with E-state index in [1.807, 2.05) is 6.92 Å². The lowest BCUT2D eigenvalue weighted by Crippen LogP contribution is -2.14. The first-order valence-corrected chi connectivity index (χ1v) is 6.18. The number of phenolic OH excluding ortho intramolecular Hbond substituents is 1. The first-order chi connectivity index (χ1) is 8.04. The van der Waals surface area contributed by atoms with E-state index >= 15 is 0 Å². The van der Waals surface area contributed by atoms with E-state index in [0.717, 1.165) is 23.1 Å². The molecule has 0 spiro atoms. The number of benzene rings is 1. The van der Waals surface area contributed by atoms with Crippen molar-refractivity contribution in [1.29, 1.82) is 0 Å². The van der Waals surface area contributed by atoms with Crippen LogP contribution in [-0.4, -0.2) is 16.8 Å². The summed E-state index contributed by atoms with van der Waals surface area (Å²) in [6.45, 7) is 6.40. The zero-order valence-corrected chi connectivity index (χ0v) is 10.7. The van der Waals surface area contributed by atoms with Gasteiger partial charge in [0.2, 0.25) is 0 Å². The number of fused-ring (bicyclic) bond motifs is 1. The molecule has 2 nitrogen and oxygen atoms in total. The maximum atomic E-state index is 9.80. The summed E-state index contributed by atoms with van der Waals surface area (Å²) in [6, 6.07) is 3.86. The third kappa shape index (κ3) is 2.09. The van der Waals surface area contributed by atoms with E-state index in [2.05, 4.69) is 26.0 Å². The fourth-order valence-electron chi connectivity index (χ4n) is 2.59. The van der Waals surface area contributed by atoms with Crippen molar-refractivity contribution in [2.75, 3.05) is 6.61 Å². The summed E-state index contributed by atoms with van der Waals surface area (Å²) in [5.74, 6) is 1.36. The Hall–Kier alpha value is -1.28. The molecule has 0 unspecified atom stereocenters. The standard InChI is InChI=1S/C15H20O2/c1-9(2)12-5-4-11(8-16)13-7-15(17)10(3)6-14(12)13/h4,6-7,9,12,16-17H,5,8H2,1-3H3/t12-/m1/s1. The molecule has 0 heterocycles. The molecule has 2 N–H and O–H groups in total. The molecule has 0 fully saturated rings. The minimum atomic E-state index is 0.0420. The highest BCUT2D eigenvalue weighted by Gasteiger charge is 2.24. The number of aromatic hydroxyl groups is 1. The predicted molar refractivity (Wildman–Crippen MR) is 70.1 cm³/mol. The highest BCUT2D eigenvalue weighted by Crippen LogP contribution is 2.40. The number of aryl methyl sites for hydroxylation is 1. The zero-order valence-electron chi connectivity index (χ0n) is 10.7. The Labute approximate surface area is 103 Å². The fraction of sp³-hybridized carbons (Fsp3) is 0.467. The first kappa shape index (κ1) is 12.2. The Kier molecular flexibility index (Phi) is 3.25. The SMILES string of the molecule is Cc1cc2c(cc1O)C(CO)=CC[C@@H]2C(C)C. The molecule has 2 heteroatoms. The van der Waals surface area contributed by atoms with Gasteiger partial charge in [-0.25, -0.2) is 0 Å². The number of aliphatic hydroxyl groups is 1. The smallest absolute Gasteiger partial charge is 0.119 e. The molecule has 1 aliphatic carbocycles. The summed E-state index contributed by atoms with van der Waals surface area (Å²) in [5.41, 5.74) is 4.13. The van der Waals surface area contributed by atoms with Crippen LogP contribution in [-0.2, 0) is 0 Å². The molecule has 2 rings (SSSR count).